The second-order valence-electron chi connectivity index (χ2n) is 6.81. The van der Waals surface area contributed by atoms with Gasteiger partial charge in [-0.05, 0) is 44.5 Å². The van der Waals surface area contributed by atoms with E-state index in [2.05, 4.69) is 15.3 Å². The largest absolute Gasteiger partial charge is 0.509 e. The van der Waals surface area contributed by atoms with E-state index in [1.165, 1.54) is 0 Å². The van der Waals surface area contributed by atoms with Crippen molar-refractivity contribution in [3.8, 4) is 6.07 Å². The molecule has 154 valence electrons. The number of aliphatic hydroxyl groups excluding tert-OH is 1. The van der Waals surface area contributed by atoms with Crippen molar-refractivity contribution in [2.45, 2.75) is 17.9 Å². The molecule has 0 spiro atoms. The molecule has 0 aliphatic carbocycles. The fourth-order valence-electron chi connectivity index (χ4n) is 3.02. The van der Waals surface area contributed by atoms with Crippen LogP contribution >= 0.6 is 11.8 Å². The maximum atomic E-state index is 12.5. The summed E-state index contributed by atoms with van der Waals surface area (Å²) in [5, 5.41) is 23.2. The number of thioether (sulfide) groups is 1. The van der Waals surface area contributed by atoms with Gasteiger partial charge in [0.05, 0.1) is 29.3 Å². The van der Waals surface area contributed by atoms with Crippen molar-refractivity contribution in [2.24, 2.45) is 0 Å². The topological polar surface area (TPSA) is 105 Å². The van der Waals surface area contributed by atoms with E-state index >= 15 is 0 Å². The minimum Gasteiger partial charge on any atom is -0.509 e. The second kappa shape index (κ2) is 9.48. The Labute approximate surface area is 179 Å². The molecular weight excluding hydrogens is 398 g/mol. The highest BCUT2D eigenvalue weighted by Crippen LogP contribution is 2.25. The number of H-pyrrole nitrogens is 1. The predicted octanol–water partition coefficient (Wildman–Crippen LogP) is 4.04. The lowest BCUT2D eigenvalue weighted by molar-refractivity contribution is -0.117. The predicted molar refractivity (Wildman–Crippen MR) is 120 cm³/mol. The molecule has 1 amide bonds. The molecule has 0 aliphatic rings. The van der Waals surface area contributed by atoms with Gasteiger partial charge in [-0.2, -0.15) is 5.26 Å². The summed E-state index contributed by atoms with van der Waals surface area (Å²) in [5.41, 5.74) is 2.29. The number of anilines is 1. The smallest absolute Gasteiger partial charge is 0.238 e. The minimum atomic E-state index is -0.561. The van der Waals surface area contributed by atoms with Crippen LogP contribution in [-0.2, 0) is 4.79 Å². The van der Waals surface area contributed by atoms with Crippen molar-refractivity contribution in [2.75, 3.05) is 25.2 Å². The number of aromatic nitrogens is 2. The molecule has 0 bridgehead atoms. The Morgan fingerprint density at radius 3 is 2.70 bits per heavy atom. The molecule has 3 aromatic rings. The van der Waals surface area contributed by atoms with Crippen LogP contribution in [0.1, 0.15) is 12.7 Å². The third kappa shape index (κ3) is 4.64. The fourth-order valence-corrected chi connectivity index (χ4v) is 3.58. The number of imidazole rings is 1. The number of benzene rings is 2. The molecule has 30 heavy (non-hydrogen) atoms. The van der Waals surface area contributed by atoms with E-state index in [0.29, 0.717) is 11.3 Å². The molecule has 0 saturated carbocycles. The zero-order valence-corrected chi connectivity index (χ0v) is 17.8. The van der Waals surface area contributed by atoms with Crippen LogP contribution < -0.4 is 5.32 Å². The van der Waals surface area contributed by atoms with Crippen LogP contribution in [0.15, 0.2) is 59.2 Å². The average Bonchev–Trinajstić information content (AvgIpc) is 3.17. The maximum Gasteiger partial charge on any atom is 0.238 e. The first-order chi connectivity index (χ1) is 14.4. The molecule has 2 aromatic carbocycles. The van der Waals surface area contributed by atoms with Crippen LogP contribution in [0.4, 0.5) is 5.69 Å². The standard InChI is InChI=1S/C22H23N5O2S/c1-14(27(2)13-20(28)24-18-10-6-7-11-19(18)30-3)21(29)15(12-23)22-25-16-8-4-5-9-17(16)26-22/h4-11,14,29H,13H2,1-3H3,(H,24,28)(H,25,26)/b21-15-/t14-/m0/s1. The highest BCUT2D eigenvalue weighted by molar-refractivity contribution is 7.98. The Morgan fingerprint density at radius 2 is 2.00 bits per heavy atom. The van der Waals surface area contributed by atoms with E-state index in [4.69, 9.17) is 0 Å². The molecule has 0 unspecified atom stereocenters. The van der Waals surface area contributed by atoms with Crippen LogP contribution in [0.25, 0.3) is 16.6 Å². The second-order valence-corrected chi connectivity index (χ2v) is 7.66. The zero-order chi connectivity index (χ0) is 21.7. The van der Waals surface area contributed by atoms with Crippen molar-refractivity contribution in [1.82, 2.24) is 14.9 Å². The molecular formula is C22H23N5O2S. The number of aromatic amines is 1. The number of fused-ring (bicyclic) bond motifs is 1. The molecule has 1 heterocycles. The lowest BCUT2D eigenvalue weighted by atomic mass is 10.1. The Bertz CT molecular complexity index is 1100. The number of hydrogen-bond donors (Lipinski definition) is 3. The van der Waals surface area contributed by atoms with Crippen LogP contribution in [0.2, 0.25) is 0 Å². The van der Waals surface area contributed by atoms with Gasteiger partial charge < -0.3 is 15.4 Å². The first-order valence-corrected chi connectivity index (χ1v) is 10.6. The first kappa shape index (κ1) is 21.4. The number of carbonyl (C=O) groups excluding carboxylic acids is 1. The third-order valence-corrected chi connectivity index (χ3v) is 5.62. The first-order valence-electron chi connectivity index (χ1n) is 9.36. The molecule has 3 N–H and O–H groups in total. The van der Waals surface area contributed by atoms with E-state index in [1.807, 2.05) is 60.9 Å². The van der Waals surface area contributed by atoms with Crippen LogP contribution in [-0.4, -0.2) is 51.8 Å². The van der Waals surface area contributed by atoms with Gasteiger partial charge in [0.15, 0.2) is 5.82 Å². The number of nitrogens with zero attached hydrogens (tertiary/aromatic N) is 3. The summed E-state index contributed by atoms with van der Waals surface area (Å²) in [7, 11) is 1.72. The summed E-state index contributed by atoms with van der Waals surface area (Å²) in [6.45, 7) is 1.78. The summed E-state index contributed by atoms with van der Waals surface area (Å²) in [6.07, 6.45) is 1.95. The number of carbonyl (C=O) groups is 1. The van der Waals surface area contributed by atoms with E-state index in [9.17, 15) is 15.2 Å². The zero-order valence-electron chi connectivity index (χ0n) is 17.0. The highest BCUT2D eigenvalue weighted by Gasteiger charge is 2.22. The van der Waals surface area contributed by atoms with Crippen LogP contribution in [0, 0.1) is 11.3 Å². The Hall–Kier alpha value is -3.28. The molecule has 0 radical (unpaired) electrons. The normalized spacial score (nSPS) is 13.0. The van der Waals surface area contributed by atoms with E-state index in [0.717, 1.165) is 16.1 Å². The number of hydrogen-bond acceptors (Lipinski definition) is 6. The monoisotopic (exact) mass is 421 g/mol. The quantitative estimate of drug-likeness (QED) is 0.302. The van der Waals surface area contributed by atoms with Crippen molar-refractivity contribution in [1.29, 1.82) is 5.26 Å². The molecule has 1 aromatic heterocycles. The minimum absolute atomic E-state index is 0.0484. The van der Waals surface area contributed by atoms with E-state index in [1.54, 1.807) is 30.6 Å². The van der Waals surface area contributed by atoms with Gasteiger partial charge >= 0.3 is 0 Å². The number of allylic oxidation sites excluding steroid dienone is 1. The third-order valence-electron chi connectivity index (χ3n) is 4.83. The molecule has 8 heteroatoms. The summed E-state index contributed by atoms with van der Waals surface area (Å²) >= 11 is 1.55. The number of nitriles is 1. The molecule has 1 atom stereocenters. The van der Waals surface area contributed by atoms with Crippen LogP contribution in [0.5, 0.6) is 0 Å². The van der Waals surface area contributed by atoms with Gasteiger partial charge in [0, 0.05) is 4.90 Å². The van der Waals surface area contributed by atoms with Crippen molar-refractivity contribution in [3.05, 3.63) is 60.1 Å². The average molecular weight is 422 g/mol. The SMILES string of the molecule is CSc1ccccc1NC(=O)CN(C)[C@@H](C)/C(O)=C(\C#N)c1nc2ccccc2[nH]1. The number of likely N-dealkylation sites (N-methyl/N-ethyl adjacent to an activating group) is 1. The summed E-state index contributed by atoms with van der Waals surface area (Å²) < 4.78 is 0. The van der Waals surface area contributed by atoms with Gasteiger partial charge in [-0.25, -0.2) is 4.98 Å². The van der Waals surface area contributed by atoms with E-state index in [-0.39, 0.29) is 23.8 Å². The summed E-state index contributed by atoms with van der Waals surface area (Å²) in [5.74, 6) is -0.0490. The number of amides is 1. The Kier molecular flexibility index (Phi) is 6.77. The van der Waals surface area contributed by atoms with Gasteiger partial charge in [-0.15, -0.1) is 11.8 Å². The van der Waals surface area contributed by atoms with Crippen LogP contribution in [0.3, 0.4) is 0 Å². The number of rotatable bonds is 7. The van der Waals surface area contributed by atoms with Crippen molar-refractivity contribution in [3.63, 3.8) is 0 Å². The summed E-state index contributed by atoms with van der Waals surface area (Å²) in [6, 6.07) is 16.4. The van der Waals surface area contributed by atoms with Gasteiger partial charge in [0.2, 0.25) is 5.91 Å². The lowest BCUT2D eigenvalue weighted by Gasteiger charge is -2.24. The molecule has 7 nitrogen and oxygen atoms in total. The van der Waals surface area contributed by atoms with Gasteiger partial charge in [0.25, 0.3) is 0 Å². The van der Waals surface area contributed by atoms with Gasteiger partial charge in [-0.1, -0.05) is 24.3 Å². The highest BCUT2D eigenvalue weighted by atomic mass is 32.2. The maximum absolute atomic E-state index is 12.5. The molecule has 0 aliphatic heterocycles. The number of aliphatic hydroxyl groups is 1. The number of para-hydroxylation sites is 3. The fraction of sp³-hybridized carbons (Fsp3) is 0.227. The van der Waals surface area contributed by atoms with Gasteiger partial charge in [-0.3, -0.25) is 9.69 Å². The molecule has 3 rings (SSSR count). The lowest BCUT2D eigenvalue weighted by Crippen LogP contribution is -2.37. The molecule has 0 saturated heterocycles. The molecule has 0 fully saturated rings. The Balaban J connectivity index is 1.75. The van der Waals surface area contributed by atoms with E-state index < -0.39 is 6.04 Å². The summed E-state index contributed by atoms with van der Waals surface area (Å²) in [4.78, 5) is 22.6. The van der Waals surface area contributed by atoms with Crippen molar-refractivity contribution < 1.29 is 9.90 Å². The number of nitrogens with one attached hydrogen (secondary N) is 2. The van der Waals surface area contributed by atoms with Gasteiger partial charge in [0.1, 0.15) is 17.4 Å². The Morgan fingerprint density at radius 1 is 1.30 bits per heavy atom. The van der Waals surface area contributed by atoms with Crippen molar-refractivity contribution >= 4 is 40.0 Å².